The Bertz CT molecular complexity index is 1400. The number of nitrogens with zero attached hydrogens (tertiary/aromatic N) is 2. The Kier molecular flexibility index (Phi) is 10.4. The Hall–Kier alpha value is -3.13. The van der Waals surface area contributed by atoms with Gasteiger partial charge >= 0.3 is 12.1 Å². The molecule has 2 aromatic rings. The molecule has 1 unspecified atom stereocenters. The summed E-state index contributed by atoms with van der Waals surface area (Å²) in [6.07, 6.45) is -1.60. The normalized spacial score (nSPS) is 20.3. The molecule has 0 bridgehead atoms. The zero-order valence-electron chi connectivity index (χ0n) is 24.8. The Labute approximate surface area is 257 Å². The number of benzene rings is 2. The number of hydrogen-bond donors (Lipinski definition) is 2. The molecule has 2 heterocycles. The summed E-state index contributed by atoms with van der Waals surface area (Å²) in [6.45, 7) is 8.12. The van der Waals surface area contributed by atoms with E-state index in [0.717, 1.165) is 21.4 Å². The molecule has 2 aromatic carbocycles. The Balaban J connectivity index is 1.50. The molecule has 2 aliphatic heterocycles. The molecule has 234 valence electrons. The lowest BCUT2D eigenvalue weighted by atomic mass is 10.0. The lowest BCUT2D eigenvalue weighted by Gasteiger charge is -2.28. The molecule has 0 aliphatic carbocycles. The highest BCUT2D eigenvalue weighted by Gasteiger charge is 2.46. The highest BCUT2D eigenvalue weighted by atomic mass is 32.2. The quantitative estimate of drug-likeness (QED) is 0.420. The number of carbonyl (C=O) groups is 3. The van der Waals surface area contributed by atoms with Crippen molar-refractivity contribution in [2.45, 2.75) is 69.2 Å². The van der Waals surface area contributed by atoms with Gasteiger partial charge in [-0.25, -0.2) is 18.0 Å². The maximum Gasteiger partial charge on any atom is 0.415 e. The molecule has 2 saturated heterocycles. The number of thioether (sulfide) groups is 1. The van der Waals surface area contributed by atoms with E-state index >= 15 is 0 Å². The fourth-order valence-electron chi connectivity index (χ4n) is 4.83. The third-order valence-electron chi connectivity index (χ3n) is 7.06. The first kappa shape index (κ1) is 32.8. The number of aryl methyl sites for hydroxylation is 1. The van der Waals surface area contributed by atoms with E-state index in [1.807, 2.05) is 6.92 Å². The summed E-state index contributed by atoms with van der Waals surface area (Å²) >= 11 is 1.78. The molecular weight excluding hydrogens is 594 g/mol. The summed E-state index contributed by atoms with van der Waals surface area (Å²) < 4.78 is 38.9. The van der Waals surface area contributed by atoms with E-state index in [0.29, 0.717) is 24.4 Å². The van der Waals surface area contributed by atoms with Gasteiger partial charge in [0.25, 0.3) is 0 Å². The van der Waals surface area contributed by atoms with E-state index in [9.17, 15) is 27.9 Å². The molecule has 3 atom stereocenters. The molecule has 11 nitrogen and oxygen atoms in total. The van der Waals surface area contributed by atoms with Gasteiger partial charge in [-0.2, -0.15) is 16.1 Å². The fraction of sp³-hybridized carbons (Fsp3) is 0.500. The van der Waals surface area contributed by atoms with Crippen LogP contribution in [-0.2, 0) is 30.8 Å². The van der Waals surface area contributed by atoms with Crippen LogP contribution < -0.4 is 10.1 Å². The van der Waals surface area contributed by atoms with Crippen molar-refractivity contribution in [2.75, 3.05) is 31.1 Å². The van der Waals surface area contributed by atoms with Crippen LogP contribution in [0.1, 0.15) is 38.3 Å². The number of carbonyl (C=O) groups excluding carboxylic acids is 3. The molecule has 0 radical (unpaired) electrons. The van der Waals surface area contributed by atoms with Gasteiger partial charge in [-0.15, -0.1) is 0 Å². The minimum atomic E-state index is -4.10. The second-order valence-electron chi connectivity index (χ2n) is 11.6. The zero-order valence-corrected chi connectivity index (χ0v) is 26.4. The van der Waals surface area contributed by atoms with Crippen LogP contribution in [0.25, 0.3) is 0 Å². The van der Waals surface area contributed by atoms with Gasteiger partial charge in [0.1, 0.15) is 23.4 Å². The second kappa shape index (κ2) is 13.7. The SMILES string of the molecule is Cc1ccc(S(=O)(=O)N2CCC(O)[C@H]2C(=O)N[C@@H](Cc2ccc(OC(=O)N3CCSCC3)cc2)C(=O)OC(C)(C)C)cc1. The summed E-state index contributed by atoms with van der Waals surface area (Å²) in [7, 11) is -4.10. The number of aliphatic hydroxyl groups excluding tert-OH is 1. The van der Waals surface area contributed by atoms with Gasteiger partial charge in [0, 0.05) is 37.6 Å². The van der Waals surface area contributed by atoms with Gasteiger partial charge in [-0.3, -0.25) is 4.79 Å². The number of sulfonamides is 1. The fourth-order valence-corrected chi connectivity index (χ4v) is 7.37. The topological polar surface area (TPSA) is 143 Å². The highest BCUT2D eigenvalue weighted by molar-refractivity contribution is 7.99. The van der Waals surface area contributed by atoms with Crippen LogP contribution in [0.15, 0.2) is 53.4 Å². The molecule has 4 rings (SSSR count). The lowest BCUT2D eigenvalue weighted by molar-refractivity contribution is -0.159. The maximum atomic E-state index is 13.5. The van der Waals surface area contributed by atoms with Crippen molar-refractivity contribution in [1.82, 2.24) is 14.5 Å². The largest absolute Gasteiger partial charge is 0.458 e. The predicted octanol–water partition coefficient (Wildman–Crippen LogP) is 2.74. The number of amides is 2. The first-order valence-electron chi connectivity index (χ1n) is 14.2. The van der Waals surface area contributed by atoms with E-state index in [-0.39, 0.29) is 24.3 Å². The summed E-state index contributed by atoms with van der Waals surface area (Å²) in [4.78, 5) is 40.9. The van der Waals surface area contributed by atoms with Gasteiger partial charge in [-0.1, -0.05) is 29.8 Å². The van der Waals surface area contributed by atoms with E-state index in [4.69, 9.17) is 9.47 Å². The third-order valence-corrected chi connectivity index (χ3v) is 9.90. The van der Waals surface area contributed by atoms with E-state index in [1.165, 1.54) is 12.1 Å². The van der Waals surface area contributed by atoms with Gasteiger partial charge < -0.3 is 24.8 Å². The Morgan fingerprint density at radius 2 is 1.65 bits per heavy atom. The lowest BCUT2D eigenvalue weighted by Crippen LogP contribution is -2.55. The van der Waals surface area contributed by atoms with Crippen molar-refractivity contribution in [1.29, 1.82) is 0 Å². The molecule has 2 N–H and O–H groups in total. The number of ether oxygens (including phenoxy) is 2. The number of aliphatic hydroxyl groups is 1. The average Bonchev–Trinajstić information content (AvgIpc) is 3.35. The third kappa shape index (κ3) is 8.49. The molecule has 0 spiro atoms. The minimum Gasteiger partial charge on any atom is -0.458 e. The molecular formula is C30H39N3O8S2. The molecule has 2 amide bonds. The Morgan fingerprint density at radius 1 is 1.02 bits per heavy atom. The Morgan fingerprint density at radius 3 is 2.26 bits per heavy atom. The first-order valence-corrected chi connectivity index (χ1v) is 16.8. The van der Waals surface area contributed by atoms with E-state index in [1.54, 1.807) is 73.8 Å². The van der Waals surface area contributed by atoms with Gasteiger partial charge in [-0.05, 0) is 63.9 Å². The first-order chi connectivity index (χ1) is 20.2. The standard InChI is InChI=1S/C30H39N3O8S2/c1-20-5-11-23(12-6-20)43(38,39)33-14-13-25(34)26(33)27(35)31-24(28(36)41-30(2,3)4)19-21-7-9-22(10-8-21)40-29(37)32-15-17-42-18-16-32/h5-12,24-26,34H,13-19H2,1-4H3,(H,31,35)/t24-,25?,26-/m0/s1. The van der Waals surface area contributed by atoms with Gasteiger partial charge in [0.2, 0.25) is 15.9 Å². The van der Waals surface area contributed by atoms with Crippen LogP contribution in [0.5, 0.6) is 5.75 Å². The molecule has 13 heteroatoms. The molecule has 43 heavy (non-hydrogen) atoms. The van der Waals surface area contributed by atoms with Crippen LogP contribution in [-0.4, -0.2) is 95.6 Å². The van der Waals surface area contributed by atoms with Crippen LogP contribution in [0.4, 0.5) is 4.79 Å². The van der Waals surface area contributed by atoms with Crippen molar-refractivity contribution in [3.8, 4) is 5.75 Å². The van der Waals surface area contributed by atoms with Gasteiger partial charge in [0.05, 0.1) is 11.0 Å². The highest BCUT2D eigenvalue weighted by Crippen LogP contribution is 2.27. The molecule has 2 aliphatic rings. The second-order valence-corrected chi connectivity index (χ2v) is 14.8. The van der Waals surface area contributed by atoms with Crippen molar-refractivity contribution in [3.63, 3.8) is 0 Å². The van der Waals surface area contributed by atoms with Crippen molar-refractivity contribution < 1.29 is 37.4 Å². The van der Waals surface area contributed by atoms with Crippen LogP contribution >= 0.6 is 11.8 Å². The van der Waals surface area contributed by atoms with E-state index < -0.39 is 51.8 Å². The predicted molar refractivity (Wildman–Crippen MR) is 162 cm³/mol. The number of rotatable bonds is 8. The minimum absolute atomic E-state index is 0.00802. The van der Waals surface area contributed by atoms with Crippen LogP contribution in [0.2, 0.25) is 0 Å². The monoisotopic (exact) mass is 633 g/mol. The smallest absolute Gasteiger partial charge is 0.415 e. The average molecular weight is 634 g/mol. The maximum absolute atomic E-state index is 13.5. The van der Waals surface area contributed by atoms with E-state index in [2.05, 4.69) is 5.32 Å². The number of nitrogens with one attached hydrogen (secondary N) is 1. The number of esters is 1. The zero-order chi connectivity index (χ0) is 31.4. The summed E-state index contributed by atoms with van der Waals surface area (Å²) in [5.41, 5.74) is 0.669. The van der Waals surface area contributed by atoms with Crippen molar-refractivity contribution >= 4 is 39.8 Å². The van der Waals surface area contributed by atoms with Crippen LogP contribution in [0.3, 0.4) is 0 Å². The molecule has 2 fully saturated rings. The molecule has 0 aromatic heterocycles. The summed E-state index contributed by atoms with van der Waals surface area (Å²) in [5, 5.41) is 13.3. The number of hydrogen-bond acceptors (Lipinski definition) is 9. The van der Waals surface area contributed by atoms with Crippen molar-refractivity contribution in [2.24, 2.45) is 0 Å². The summed E-state index contributed by atoms with van der Waals surface area (Å²) in [6, 6.07) is 10.2. The van der Waals surface area contributed by atoms with Gasteiger partial charge in [0.15, 0.2) is 0 Å². The summed E-state index contributed by atoms with van der Waals surface area (Å²) in [5.74, 6) is 0.552. The van der Waals surface area contributed by atoms with Crippen LogP contribution in [0, 0.1) is 6.92 Å². The van der Waals surface area contributed by atoms with Crippen molar-refractivity contribution in [3.05, 3.63) is 59.7 Å². The molecule has 0 saturated carbocycles.